The molecule has 0 spiro atoms. The van der Waals surface area contributed by atoms with Crippen LogP contribution in [-0.4, -0.2) is 31.8 Å². The summed E-state index contributed by atoms with van der Waals surface area (Å²) >= 11 is 5.90. The van der Waals surface area contributed by atoms with E-state index in [1.165, 1.54) is 42.5 Å². The molecule has 0 radical (unpaired) electrons. The highest BCUT2D eigenvalue weighted by atomic mass is 35.5. The summed E-state index contributed by atoms with van der Waals surface area (Å²) < 4.78 is 72.2. The van der Waals surface area contributed by atoms with Gasteiger partial charge in [-0.05, 0) is 48.2 Å². The smallest absolute Gasteiger partial charge is 0.294 e. The zero-order valence-electron chi connectivity index (χ0n) is 18.1. The molecule has 0 saturated carbocycles. The van der Waals surface area contributed by atoms with Gasteiger partial charge in [-0.3, -0.25) is 14.5 Å². The molecule has 2 aromatic rings. The number of amides is 1. The maximum atomic E-state index is 14.8. The molecule has 1 aliphatic heterocycles. The Kier molecular flexibility index (Phi) is 5.70. The molecule has 6 nitrogen and oxygen atoms in total. The summed E-state index contributed by atoms with van der Waals surface area (Å²) in [6.45, 7) is 3.39. The number of benzene rings is 2. The molecule has 2 aromatic carbocycles. The highest BCUT2D eigenvalue weighted by Crippen LogP contribution is 2.53. The van der Waals surface area contributed by atoms with Gasteiger partial charge in [0.05, 0.1) is 10.5 Å². The first kappa shape index (κ1) is 24.4. The van der Waals surface area contributed by atoms with Crippen molar-refractivity contribution in [1.82, 2.24) is 4.72 Å². The fourth-order valence-electron chi connectivity index (χ4n) is 4.44. The normalized spacial score (nSPS) is 22.8. The van der Waals surface area contributed by atoms with Crippen LogP contribution in [0.15, 0.2) is 70.8 Å². The number of nitrogens with one attached hydrogen (secondary N) is 1. The first-order valence-corrected chi connectivity index (χ1v) is 12.1. The van der Waals surface area contributed by atoms with Crippen LogP contribution in [0.5, 0.6) is 0 Å². The first-order valence-electron chi connectivity index (χ1n) is 10.2. The third kappa shape index (κ3) is 3.83. The van der Waals surface area contributed by atoms with Gasteiger partial charge in [0, 0.05) is 22.8 Å². The van der Waals surface area contributed by atoms with Gasteiger partial charge in [-0.1, -0.05) is 43.6 Å². The second kappa shape index (κ2) is 7.93. The number of sulfonamides is 1. The van der Waals surface area contributed by atoms with Crippen LogP contribution < -0.4 is 9.62 Å². The number of rotatable bonds is 4. The van der Waals surface area contributed by atoms with Gasteiger partial charge in [0.2, 0.25) is 15.6 Å². The van der Waals surface area contributed by atoms with Crippen molar-refractivity contribution in [3.8, 4) is 0 Å². The Balaban J connectivity index is 1.99. The number of nitrogens with zero attached hydrogens (tertiary/aromatic N) is 1. The highest BCUT2D eigenvalue weighted by molar-refractivity contribution is 7.89. The van der Waals surface area contributed by atoms with Gasteiger partial charge in [0.1, 0.15) is 0 Å². The van der Waals surface area contributed by atoms with E-state index in [1.807, 2.05) is 0 Å². The Morgan fingerprint density at radius 3 is 2.12 bits per heavy atom. The van der Waals surface area contributed by atoms with Crippen LogP contribution in [0, 0.1) is 5.41 Å². The first-order chi connectivity index (χ1) is 15.7. The van der Waals surface area contributed by atoms with E-state index in [4.69, 9.17) is 11.6 Å². The summed E-state index contributed by atoms with van der Waals surface area (Å²) in [6.07, 6.45) is -5.78. The van der Waals surface area contributed by atoms with Crippen molar-refractivity contribution in [3.05, 3.63) is 70.9 Å². The number of allylic oxidation sites excluding steroid dienone is 1. The highest BCUT2D eigenvalue weighted by Gasteiger charge is 2.72. The van der Waals surface area contributed by atoms with E-state index in [2.05, 4.69) is 0 Å². The Morgan fingerprint density at radius 2 is 1.56 bits per heavy atom. The molecule has 0 bridgehead atoms. The number of hydrogen-bond donors (Lipinski definition) is 1. The summed E-state index contributed by atoms with van der Waals surface area (Å²) in [4.78, 5) is 27.1. The lowest BCUT2D eigenvalue weighted by Crippen LogP contribution is -2.66. The van der Waals surface area contributed by atoms with Gasteiger partial charge < -0.3 is 0 Å². The van der Waals surface area contributed by atoms with E-state index in [9.17, 15) is 31.2 Å². The molecule has 2 aliphatic rings. The molecule has 11 heteroatoms. The van der Waals surface area contributed by atoms with Crippen LogP contribution >= 0.6 is 11.6 Å². The monoisotopic (exact) mass is 512 g/mol. The van der Waals surface area contributed by atoms with E-state index in [1.54, 1.807) is 18.6 Å². The van der Waals surface area contributed by atoms with Crippen molar-refractivity contribution in [1.29, 1.82) is 0 Å². The molecule has 1 amide bonds. The number of alkyl halides is 3. The number of carbonyl (C=O) groups is 2. The van der Waals surface area contributed by atoms with Crippen LogP contribution in [-0.2, 0) is 19.6 Å². The molecular weight excluding hydrogens is 493 g/mol. The van der Waals surface area contributed by atoms with E-state index in [0.717, 1.165) is 17.0 Å². The minimum Gasteiger partial charge on any atom is -0.294 e. The maximum Gasteiger partial charge on any atom is 0.421 e. The Labute approximate surface area is 199 Å². The Bertz CT molecular complexity index is 1310. The van der Waals surface area contributed by atoms with Gasteiger partial charge in [0.15, 0.2) is 5.78 Å². The standard InChI is InChI=1S/C23H20ClF3N2O4S/c1-21(2)12-17-19(18(30)13-21)22(23(25,26)27,28-34(32,33)16-6-4-3-5-7-16)20(31)29(17)15-10-8-14(24)9-11-15/h3-11,28H,12-13H2,1-2H3. The molecule has 1 unspecified atom stereocenters. The molecule has 0 fully saturated rings. The third-order valence-electron chi connectivity index (χ3n) is 5.87. The van der Waals surface area contributed by atoms with Crippen LogP contribution in [0.1, 0.15) is 26.7 Å². The fraction of sp³-hybridized carbons (Fsp3) is 0.304. The summed E-state index contributed by atoms with van der Waals surface area (Å²) in [7, 11) is -4.86. The molecule has 1 aliphatic carbocycles. The van der Waals surface area contributed by atoms with Crippen LogP contribution in [0.2, 0.25) is 5.02 Å². The van der Waals surface area contributed by atoms with Gasteiger partial charge in [-0.2, -0.15) is 17.9 Å². The van der Waals surface area contributed by atoms with Crippen LogP contribution in [0.4, 0.5) is 18.9 Å². The van der Waals surface area contributed by atoms with E-state index >= 15 is 0 Å². The number of halogens is 4. The number of carbonyl (C=O) groups excluding carboxylic acids is 2. The van der Waals surface area contributed by atoms with E-state index < -0.39 is 49.3 Å². The van der Waals surface area contributed by atoms with Crippen molar-refractivity contribution in [3.63, 3.8) is 0 Å². The van der Waals surface area contributed by atoms with Crippen molar-refractivity contribution in [2.45, 2.75) is 43.3 Å². The summed E-state index contributed by atoms with van der Waals surface area (Å²) in [6, 6.07) is 11.8. The van der Waals surface area contributed by atoms with Crippen molar-refractivity contribution < 1.29 is 31.2 Å². The predicted molar refractivity (Wildman–Crippen MR) is 120 cm³/mol. The molecule has 34 heavy (non-hydrogen) atoms. The molecular formula is C23H20ClF3N2O4S. The van der Waals surface area contributed by atoms with Gasteiger partial charge in [-0.15, -0.1) is 0 Å². The quantitative estimate of drug-likeness (QED) is 0.648. The molecule has 0 aromatic heterocycles. The van der Waals surface area contributed by atoms with Gasteiger partial charge >= 0.3 is 6.18 Å². The lowest BCUT2D eigenvalue weighted by Gasteiger charge is -2.35. The minimum absolute atomic E-state index is 0.0393. The average Bonchev–Trinajstić information content (AvgIpc) is 2.97. The summed E-state index contributed by atoms with van der Waals surface area (Å²) in [5, 5.41) is 0.288. The second-order valence-electron chi connectivity index (χ2n) is 9.05. The Hall–Kier alpha value is -2.69. The van der Waals surface area contributed by atoms with Gasteiger partial charge in [0.25, 0.3) is 5.91 Å². The fourth-order valence-corrected chi connectivity index (χ4v) is 5.91. The number of Topliss-reactive ketones (excluding diaryl/α,β-unsaturated/α-hetero) is 1. The van der Waals surface area contributed by atoms with E-state index in [0.29, 0.717) is 0 Å². The molecule has 4 rings (SSSR count). The molecule has 1 atom stereocenters. The molecule has 1 N–H and O–H groups in total. The zero-order chi connectivity index (χ0) is 25.1. The van der Waals surface area contributed by atoms with Crippen molar-refractivity contribution in [2.24, 2.45) is 5.41 Å². The average molecular weight is 513 g/mol. The predicted octanol–water partition coefficient (Wildman–Crippen LogP) is 4.61. The Morgan fingerprint density at radius 1 is 0.971 bits per heavy atom. The lowest BCUT2D eigenvalue weighted by molar-refractivity contribution is -0.184. The van der Waals surface area contributed by atoms with Gasteiger partial charge in [-0.25, -0.2) is 8.42 Å². The zero-order valence-corrected chi connectivity index (χ0v) is 19.7. The second-order valence-corrected chi connectivity index (χ2v) is 11.2. The van der Waals surface area contributed by atoms with Crippen molar-refractivity contribution >= 4 is 39.0 Å². The topological polar surface area (TPSA) is 83.6 Å². The van der Waals surface area contributed by atoms with Crippen molar-refractivity contribution in [2.75, 3.05) is 4.90 Å². The summed E-state index contributed by atoms with van der Waals surface area (Å²) in [5.41, 5.74) is -5.55. The number of ketones is 1. The lowest BCUT2D eigenvalue weighted by atomic mass is 9.72. The third-order valence-corrected chi connectivity index (χ3v) is 7.59. The molecule has 180 valence electrons. The summed E-state index contributed by atoms with van der Waals surface area (Å²) in [5.74, 6) is -2.55. The van der Waals surface area contributed by atoms with E-state index in [-0.39, 0.29) is 29.2 Å². The molecule has 0 saturated heterocycles. The number of hydrogen-bond acceptors (Lipinski definition) is 4. The SMILES string of the molecule is CC1(C)CC(=O)C2=C(C1)N(c1ccc(Cl)cc1)C(=O)C2(NS(=O)(=O)c1ccccc1)C(F)(F)F. The maximum absolute atomic E-state index is 14.8. The van der Waals surface area contributed by atoms with Crippen LogP contribution in [0.3, 0.4) is 0 Å². The molecule has 1 heterocycles. The minimum atomic E-state index is -5.45. The van der Waals surface area contributed by atoms with Crippen LogP contribution in [0.25, 0.3) is 0 Å². The largest absolute Gasteiger partial charge is 0.421 e. The number of anilines is 1.